The topological polar surface area (TPSA) is 21.3 Å². The maximum Gasteiger partial charge on any atom is 0.153 e. The molecule has 0 unspecified atom stereocenters. The molecule has 0 spiro atoms. The number of fused-ring (bicyclic) bond motifs is 1. The van der Waals surface area contributed by atoms with Gasteiger partial charge in [0.1, 0.15) is 18.0 Å². The molecule has 3 heteroatoms. The molecule has 0 bridgehead atoms. The van der Waals surface area contributed by atoms with Crippen molar-refractivity contribution in [3.05, 3.63) is 23.5 Å². The van der Waals surface area contributed by atoms with Crippen LogP contribution in [-0.2, 0) is 6.42 Å². The summed E-state index contributed by atoms with van der Waals surface area (Å²) in [5, 5.41) is 3.01. The molecule has 0 radical (unpaired) electrons. The van der Waals surface area contributed by atoms with E-state index in [0.717, 1.165) is 5.56 Å². The lowest BCUT2D eigenvalue weighted by Crippen LogP contribution is -2.19. The molecule has 0 fully saturated rings. The highest BCUT2D eigenvalue weighted by atomic mass is 19.1. The molecule has 1 N–H and O–H groups in total. The highest BCUT2D eigenvalue weighted by Crippen LogP contribution is 2.31. The van der Waals surface area contributed by atoms with Crippen molar-refractivity contribution in [2.24, 2.45) is 0 Å². The minimum Gasteiger partial charge on any atom is -0.489 e. The van der Waals surface area contributed by atoms with Crippen molar-refractivity contribution < 1.29 is 9.13 Å². The molecule has 2 rings (SSSR count). The molecule has 1 heterocycles. The van der Waals surface area contributed by atoms with Crippen LogP contribution in [0.1, 0.15) is 12.5 Å². The second kappa shape index (κ2) is 3.24. The molecular weight excluding hydrogens is 169 g/mol. The number of hydrogen-bond donors (Lipinski definition) is 1. The van der Waals surface area contributed by atoms with Gasteiger partial charge in [-0.3, -0.25) is 0 Å². The van der Waals surface area contributed by atoms with E-state index in [0.29, 0.717) is 31.0 Å². The van der Waals surface area contributed by atoms with Crippen LogP contribution in [-0.4, -0.2) is 13.2 Å². The SMILES string of the molecule is CCc1ccc2c(c1F)NCCO2. The van der Waals surface area contributed by atoms with Gasteiger partial charge in [0, 0.05) is 6.54 Å². The number of hydrogen-bond acceptors (Lipinski definition) is 2. The van der Waals surface area contributed by atoms with Crippen LogP contribution in [0.15, 0.2) is 12.1 Å². The van der Waals surface area contributed by atoms with Crippen LogP contribution in [0.2, 0.25) is 0 Å². The summed E-state index contributed by atoms with van der Waals surface area (Å²) in [7, 11) is 0. The summed E-state index contributed by atoms with van der Waals surface area (Å²) in [6.45, 7) is 3.23. The zero-order valence-electron chi connectivity index (χ0n) is 7.56. The Morgan fingerprint density at radius 1 is 1.54 bits per heavy atom. The Morgan fingerprint density at radius 2 is 2.38 bits per heavy atom. The number of halogens is 1. The van der Waals surface area contributed by atoms with Gasteiger partial charge in [0.05, 0.1) is 0 Å². The molecule has 0 saturated carbocycles. The van der Waals surface area contributed by atoms with Gasteiger partial charge < -0.3 is 10.1 Å². The first-order valence-corrected chi connectivity index (χ1v) is 4.51. The molecule has 1 aromatic carbocycles. The Hall–Kier alpha value is -1.25. The smallest absolute Gasteiger partial charge is 0.153 e. The van der Waals surface area contributed by atoms with Crippen LogP contribution in [0.5, 0.6) is 5.75 Å². The first-order valence-electron chi connectivity index (χ1n) is 4.51. The van der Waals surface area contributed by atoms with Crippen molar-refractivity contribution in [3.8, 4) is 5.75 Å². The molecule has 0 aliphatic carbocycles. The lowest BCUT2D eigenvalue weighted by Gasteiger charge is -2.20. The predicted octanol–water partition coefficient (Wildman–Crippen LogP) is 2.19. The van der Waals surface area contributed by atoms with E-state index < -0.39 is 0 Å². The second-order valence-electron chi connectivity index (χ2n) is 3.04. The molecule has 0 saturated heterocycles. The van der Waals surface area contributed by atoms with Gasteiger partial charge >= 0.3 is 0 Å². The van der Waals surface area contributed by atoms with Gasteiger partial charge in [0.25, 0.3) is 0 Å². The molecule has 1 aliphatic rings. The van der Waals surface area contributed by atoms with E-state index in [4.69, 9.17) is 4.74 Å². The van der Waals surface area contributed by atoms with Crippen LogP contribution in [0.25, 0.3) is 0 Å². The van der Waals surface area contributed by atoms with E-state index in [2.05, 4.69) is 5.32 Å². The summed E-state index contributed by atoms with van der Waals surface area (Å²) < 4.78 is 18.9. The summed E-state index contributed by atoms with van der Waals surface area (Å²) in [6, 6.07) is 3.60. The third kappa shape index (κ3) is 1.34. The van der Waals surface area contributed by atoms with Gasteiger partial charge in [-0.15, -0.1) is 0 Å². The summed E-state index contributed by atoms with van der Waals surface area (Å²) in [5.41, 5.74) is 1.25. The lowest BCUT2D eigenvalue weighted by molar-refractivity contribution is 0.320. The maximum atomic E-state index is 13.6. The van der Waals surface area contributed by atoms with Gasteiger partial charge in [0.15, 0.2) is 5.82 Å². The third-order valence-electron chi connectivity index (χ3n) is 2.23. The fraction of sp³-hybridized carbons (Fsp3) is 0.400. The Morgan fingerprint density at radius 3 is 3.15 bits per heavy atom. The number of anilines is 1. The summed E-state index contributed by atoms with van der Waals surface area (Å²) in [6.07, 6.45) is 0.709. The van der Waals surface area contributed by atoms with Gasteiger partial charge in [0.2, 0.25) is 0 Å². The average molecular weight is 181 g/mol. The number of nitrogens with one attached hydrogen (secondary N) is 1. The molecule has 1 aromatic rings. The van der Waals surface area contributed by atoms with E-state index in [1.165, 1.54) is 0 Å². The molecule has 2 nitrogen and oxygen atoms in total. The molecule has 1 aliphatic heterocycles. The normalized spacial score (nSPS) is 14.3. The second-order valence-corrected chi connectivity index (χ2v) is 3.04. The maximum absolute atomic E-state index is 13.6. The van der Waals surface area contributed by atoms with Crippen LogP contribution in [0.3, 0.4) is 0 Å². The fourth-order valence-electron chi connectivity index (χ4n) is 1.50. The first-order chi connectivity index (χ1) is 6.33. The van der Waals surface area contributed by atoms with Crippen molar-refractivity contribution in [3.63, 3.8) is 0 Å². The van der Waals surface area contributed by atoms with Crippen molar-refractivity contribution in [1.82, 2.24) is 0 Å². The largest absolute Gasteiger partial charge is 0.489 e. The minimum atomic E-state index is -0.167. The van der Waals surface area contributed by atoms with Gasteiger partial charge in [-0.05, 0) is 18.1 Å². The number of rotatable bonds is 1. The van der Waals surface area contributed by atoms with Crippen LogP contribution in [0.4, 0.5) is 10.1 Å². The van der Waals surface area contributed by atoms with Gasteiger partial charge in [-0.2, -0.15) is 0 Å². The van der Waals surface area contributed by atoms with E-state index >= 15 is 0 Å². The summed E-state index contributed by atoms with van der Waals surface area (Å²) in [5.74, 6) is 0.459. The van der Waals surface area contributed by atoms with Gasteiger partial charge in [-0.1, -0.05) is 13.0 Å². The molecular formula is C10H12FNO. The quantitative estimate of drug-likeness (QED) is 0.717. The van der Waals surface area contributed by atoms with E-state index in [1.54, 1.807) is 6.07 Å². The number of benzene rings is 1. The van der Waals surface area contributed by atoms with Crippen molar-refractivity contribution in [2.75, 3.05) is 18.5 Å². The summed E-state index contributed by atoms with van der Waals surface area (Å²) in [4.78, 5) is 0. The van der Waals surface area contributed by atoms with Gasteiger partial charge in [-0.25, -0.2) is 4.39 Å². The molecule has 0 aromatic heterocycles. The zero-order chi connectivity index (χ0) is 9.26. The Balaban J connectivity index is 2.48. The van der Waals surface area contributed by atoms with Crippen LogP contribution in [0, 0.1) is 5.82 Å². The van der Waals surface area contributed by atoms with Crippen LogP contribution >= 0.6 is 0 Å². The van der Waals surface area contributed by atoms with E-state index in [9.17, 15) is 4.39 Å². The fourth-order valence-corrected chi connectivity index (χ4v) is 1.50. The average Bonchev–Trinajstić information content (AvgIpc) is 2.19. The van der Waals surface area contributed by atoms with Crippen molar-refractivity contribution >= 4 is 5.69 Å². The zero-order valence-corrected chi connectivity index (χ0v) is 7.56. The number of ether oxygens (including phenoxy) is 1. The minimum absolute atomic E-state index is 0.167. The summed E-state index contributed by atoms with van der Waals surface area (Å²) >= 11 is 0. The predicted molar refractivity (Wildman–Crippen MR) is 49.8 cm³/mol. The van der Waals surface area contributed by atoms with Crippen molar-refractivity contribution in [2.45, 2.75) is 13.3 Å². The van der Waals surface area contributed by atoms with Crippen LogP contribution < -0.4 is 10.1 Å². The molecule has 13 heavy (non-hydrogen) atoms. The third-order valence-corrected chi connectivity index (χ3v) is 2.23. The standard InChI is InChI=1S/C10H12FNO/c1-2-7-3-4-8-10(9(7)11)12-5-6-13-8/h3-4,12H,2,5-6H2,1H3. The Kier molecular flexibility index (Phi) is 2.08. The Labute approximate surface area is 76.7 Å². The first kappa shape index (κ1) is 8.35. The molecule has 0 atom stereocenters. The van der Waals surface area contributed by atoms with E-state index in [1.807, 2.05) is 13.0 Å². The monoisotopic (exact) mass is 181 g/mol. The van der Waals surface area contributed by atoms with E-state index in [-0.39, 0.29) is 5.82 Å². The lowest BCUT2D eigenvalue weighted by atomic mass is 10.1. The number of aryl methyl sites for hydroxylation is 1. The molecule has 0 amide bonds. The molecule has 70 valence electrons. The van der Waals surface area contributed by atoms with Crippen molar-refractivity contribution in [1.29, 1.82) is 0 Å². The Bertz CT molecular complexity index is 325. The highest BCUT2D eigenvalue weighted by Gasteiger charge is 2.16. The highest BCUT2D eigenvalue weighted by molar-refractivity contribution is 5.60.